The summed E-state index contributed by atoms with van der Waals surface area (Å²) >= 11 is 0. The third kappa shape index (κ3) is 7.60. The Labute approximate surface area is 185 Å². The van der Waals surface area contributed by atoms with Gasteiger partial charge < -0.3 is 19.3 Å². The molecule has 3 atom stereocenters. The normalized spacial score (nSPS) is 14.1. The van der Waals surface area contributed by atoms with Crippen LogP contribution in [-0.4, -0.2) is 30.0 Å². The van der Waals surface area contributed by atoms with Crippen molar-refractivity contribution in [2.24, 2.45) is 0 Å². The first-order chi connectivity index (χ1) is 15.3. The first-order valence-corrected chi connectivity index (χ1v) is 10.9. The Kier molecular flexibility index (Phi) is 9.74. The van der Waals surface area contributed by atoms with Crippen molar-refractivity contribution in [2.75, 3.05) is 6.61 Å². The van der Waals surface area contributed by atoms with E-state index in [-0.39, 0.29) is 12.7 Å². The molecule has 0 amide bonds. The molecule has 0 aliphatic rings. The summed E-state index contributed by atoms with van der Waals surface area (Å²) in [6.45, 7) is 3.26. The summed E-state index contributed by atoms with van der Waals surface area (Å²) in [5, 5.41) is 10.1. The van der Waals surface area contributed by atoms with Crippen molar-refractivity contribution in [2.45, 2.75) is 51.5 Å². The van der Waals surface area contributed by atoms with Crippen LogP contribution in [0.15, 0.2) is 91.0 Å². The first kappa shape index (κ1) is 23.2. The van der Waals surface area contributed by atoms with Crippen molar-refractivity contribution in [1.82, 2.24) is 0 Å². The fourth-order valence-corrected chi connectivity index (χ4v) is 3.47. The first-order valence-electron chi connectivity index (χ1n) is 10.9. The molecule has 0 fully saturated rings. The van der Waals surface area contributed by atoms with Crippen LogP contribution in [0, 0.1) is 0 Å². The standard InChI is InChI=1S/C27H32O4/c1-2-25(29-19-22-12-6-3-7-13-22)27(31-21-24-16-10-5-11-17-24)26(18-28)30-20-23-14-8-4-9-15-23/h3-17,25-28H,2,18-21H2,1H3. The highest BCUT2D eigenvalue weighted by Crippen LogP contribution is 2.20. The molecule has 0 radical (unpaired) electrons. The van der Waals surface area contributed by atoms with E-state index in [9.17, 15) is 5.11 Å². The zero-order valence-corrected chi connectivity index (χ0v) is 18.1. The number of hydrogen-bond acceptors (Lipinski definition) is 4. The van der Waals surface area contributed by atoms with Crippen LogP contribution in [0.3, 0.4) is 0 Å². The third-order valence-electron chi connectivity index (χ3n) is 5.21. The van der Waals surface area contributed by atoms with Crippen molar-refractivity contribution in [3.05, 3.63) is 108 Å². The van der Waals surface area contributed by atoms with E-state index < -0.39 is 12.2 Å². The van der Waals surface area contributed by atoms with Gasteiger partial charge in [-0.1, -0.05) is 97.9 Å². The maximum absolute atomic E-state index is 10.1. The second kappa shape index (κ2) is 13.0. The van der Waals surface area contributed by atoms with Crippen LogP contribution >= 0.6 is 0 Å². The van der Waals surface area contributed by atoms with E-state index in [1.165, 1.54) is 0 Å². The average Bonchev–Trinajstić information content (AvgIpc) is 2.84. The van der Waals surface area contributed by atoms with E-state index in [2.05, 4.69) is 6.92 Å². The van der Waals surface area contributed by atoms with Crippen LogP contribution in [0.2, 0.25) is 0 Å². The van der Waals surface area contributed by atoms with E-state index in [1.807, 2.05) is 91.0 Å². The van der Waals surface area contributed by atoms with E-state index in [4.69, 9.17) is 14.2 Å². The van der Waals surface area contributed by atoms with Gasteiger partial charge in [0.1, 0.15) is 12.2 Å². The van der Waals surface area contributed by atoms with Crippen LogP contribution in [0.1, 0.15) is 30.0 Å². The van der Waals surface area contributed by atoms with Gasteiger partial charge in [0.15, 0.2) is 0 Å². The number of aliphatic hydroxyl groups excluding tert-OH is 1. The molecule has 0 aromatic heterocycles. The molecular weight excluding hydrogens is 388 g/mol. The molecule has 0 aliphatic carbocycles. The molecule has 164 valence electrons. The molecule has 0 aliphatic heterocycles. The molecule has 3 unspecified atom stereocenters. The molecule has 0 saturated heterocycles. The Hall–Kier alpha value is -2.50. The lowest BCUT2D eigenvalue weighted by atomic mass is 10.0. The van der Waals surface area contributed by atoms with Gasteiger partial charge in [-0.3, -0.25) is 0 Å². The zero-order chi connectivity index (χ0) is 21.7. The highest BCUT2D eigenvalue weighted by molar-refractivity contribution is 5.15. The Balaban J connectivity index is 1.70. The molecule has 0 heterocycles. The molecule has 0 spiro atoms. The van der Waals surface area contributed by atoms with Gasteiger partial charge in [-0.2, -0.15) is 0 Å². The van der Waals surface area contributed by atoms with E-state index >= 15 is 0 Å². The molecular formula is C27H32O4. The van der Waals surface area contributed by atoms with Crippen LogP contribution in [0.5, 0.6) is 0 Å². The van der Waals surface area contributed by atoms with Crippen molar-refractivity contribution < 1.29 is 19.3 Å². The minimum atomic E-state index is -0.496. The summed E-state index contributed by atoms with van der Waals surface area (Å²) in [4.78, 5) is 0. The Morgan fingerprint density at radius 1 is 0.581 bits per heavy atom. The summed E-state index contributed by atoms with van der Waals surface area (Å²) in [6, 6.07) is 30.1. The van der Waals surface area contributed by atoms with Crippen LogP contribution in [0.25, 0.3) is 0 Å². The number of aliphatic hydroxyl groups is 1. The molecule has 4 heteroatoms. The number of ether oxygens (including phenoxy) is 3. The number of rotatable bonds is 13. The number of hydrogen-bond donors (Lipinski definition) is 1. The SMILES string of the molecule is CCC(OCc1ccccc1)C(OCc1ccccc1)C(CO)OCc1ccccc1. The monoisotopic (exact) mass is 420 g/mol. The van der Waals surface area contributed by atoms with Crippen LogP contribution in [-0.2, 0) is 34.0 Å². The maximum Gasteiger partial charge on any atom is 0.112 e. The van der Waals surface area contributed by atoms with Crippen molar-refractivity contribution >= 4 is 0 Å². The molecule has 31 heavy (non-hydrogen) atoms. The van der Waals surface area contributed by atoms with Crippen LogP contribution in [0.4, 0.5) is 0 Å². The summed E-state index contributed by atoms with van der Waals surface area (Å²) in [5.74, 6) is 0. The highest BCUT2D eigenvalue weighted by atomic mass is 16.6. The smallest absolute Gasteiger partial charge is 0.112 e. The number of benzene rings is 3. The van der Waals surface area contributed by atoms with Crippen molar-refractivity contribution in [1.29, 1.82) is 0 Å². The third-order valence-corrected chi connectivity index (χ3v) is 5.21. The van der Waals surface area contributed by atoms with Crippen LogP contribution < -0.4 is 0 Å². The lowest BCUT2D eigenvalue weighted by Crippen LogP contribution is -2.44. The van der Waals surface area contributed by atoms with Gasteiger partial charge in [-0.25, -0.2) is 0 Å². The molecule has 3 rings (SSSR count). The van der Waals surface area contributed by atoms with Gasteiger partial charge >= 0.3 is 0 Å². The predicted octanol–water partition coefficient (Wildman–Crippen LogP) is 5.14. The van der Waals surface area contributed by atoms with Gasteiger partial charge in [0, 0.05) is 0 Å². The average molecular weight is 421 g/mol. The van der Waals surface area contributed by atoms with Gasteiger partial charge in [0.25, 0.3) is 0 Å². The Morgan fingerprint density at radius 2 is 0.968 bits per heavy atom. The molecule has 0 saturated carbocycles. The molecule has 4 nitrogen and oxygen atoms in total. The largest absolute Gasteiger partial charge is 0.394 e. The maximum atomic E-state index is 10.1. The lowest BCUT2D eigenvalue weighted by Gasteiger charge is -2.32. The van der Waals surface area contributed by atoms with Crippen molar-refractivity contribution in [3.63, 3.8) is 0 Å². The molecule has 0 bridgehead atoms. The topological polar surface area (TPSA) is 47.9 Å². The van der Waals surface area contributed by atoms with E-state index in [0.717, 1.165) is 23.1 Å². The summed E-state index contributed by atoms with van der Waals surface area (Å²) in [6.07, 6.45) is -0.360. The summed E-state index contributed by atoms with van der Waals surface area (Å²) < 4.78 is 18.7. The van der Waals surface area contributed by atoms with Gasteiger partial charge in [-0.15, -0.1) is 0 Å². The minimum absolute atomic E-state index is 0.141. The predicted molar refractivity (Wildman–Crippen MR) is 122 cm³/mol. The zero-order valence-electron chi connectivity index (χ0n) is 18.1. The highest BCUT2D eigenvalue weighted by Gasteiger charge is 2.31. The molecule has 1 N–H and O–H groups in total. The van der Waals surface area contributed by atoms with E-state index in [0.29, 0.717) is 19.8 Å². The van der Waals surface area contributed by atoms with Crippen molar-refractivity contribution in [3.8, 4) is 0 Å². The Morgan fingerprint density at radius 3 is 1.35 bits per heavy atom. The lowest BCUT2D eigenvalue weighted by molar-refractivity contribution is -0.162. The second-order valence-electron chi connectivity index (χ2n) is 7.52. The molecule has 3 aromatic rings. The fraction of sp³-hybridized carbons (Fsp3) is 0.333. The minimum Gasteiger partial charge on any atom is -0.394 e. The Bertz CT molecular complexity index is 787. The quantitative estimate of drug-likeness (QED) is 0.416. The van der Waals surface area contributed by atoms with Gasteiger partial charge in [-0.05, 0) is 23.1 Å². The van der Waals surface area contributed by atoms with Gasteiger partial charge in [0.2, 0.25) is 0 Å². The molecule has 3 aromatic carbocycles. The second-order valence-corrected chi connectivity index (χ2v) is 7.52. The van der Waals surface area contributed by atoms with Gasteiger partial charge in [0.05, 0.1) is 32.5 Å². The summed E-state index contributed by atoms with van der Waals surface area (Å²) in [5.41, 5.74) is 3.24. The summed E-state index contributed by atoms with van der Waals surface area (Å²) in [7, 11) is 0. The fourth-order valence-electron chi connectivity index (χ4n) is 3.47. The van der Waals surface area contributed by atoms with E-state index in [1.54, 1.807) is 0 Å².